The minimum absolute atomic E-state index is 0.0298. The van der Waals surface area contributed by atoms with Gasteiger partial charge in [0.25, 0.3) is 5.91 Å². The van der Waals surface area contributed by atoms with Crippen molar-refractivity contribution in [3.8, 4) is 23.0 Å². The Morgan fingerprint density at radius 3 is 2.61 bits per heavy atom. The zero-order valence-electron chi connectivity index (χ0n) is 21.3. The third-order valence-electron chi connectivity index (χ3n) is 6.58. The zero-order valence-corrected chi connectivity index (χ0v) is 21.3. The van der Waals surface area contributed by atoms with E-state index in [-0.39, 0.29) is 36.0 Å². The molecule has 1 aliphatic rings. The first-order valence-electron chi connectivity index (χ1n) is 12.8. The number of hydrogen-bond donors (Lipinski definition) is 3. The number of phenols is 2. The predicted octanol–water partition coefficient (Wildman–Crippen LogP) is 3.96. The van der Waals surface area contributed by atoms with Crippen molar-refractivity contribution in [2.75, 3.05) is 26.8 Å². The molecule has 0 fully saturated rings. The highest BCUT2D eigenvalue weighted by atomic mass is 16.5. The molecule has 196 valence electrons. The van der Waals surface area contributed by atoms with E-state index in [1.54, 1.807) is 19.2 Å². The molecule has 0 radical (unpaired) electrons. The van der Waals surface area contributed by atoms with Gasteiger partial charge < -0.3 is 29.9 Å². The molecular weight excluding hydrogens is 460 g/mol. The van der Waals surface area contributed by atoms with Gasteiger partial charge in [-0.2, -0.15) is 0 Å². The zero-order chi connectivity index (χ0) is 25.9. The summed E-state index contributed by atoms with van der Waals surface area (Å²) in [6.07, 6.45) is 5.89. The lowest BCUT2D eigenvalue weighted by Crippen LogP contribution is -2.43. The van der Waals surface area contributed by atoms with Gasteiger partial charge in [0.15, 0.2) is 29.6 Å². The molecule has 0 bridgehead atoms. The molecule has 1 atom stereocenters. The van der Waals surface area contributed by atoms with Gasteiger partial charge in [-0.3, -0.25) is 9.59 Å². The van der Waals surface area contributed by atoms with Crippen molar-refractivity contribution in [2.24, 2.45) is 0 Å². The molecule has 2 amide bonds. The second-order valence-corrected chi connectivity index (χ2v) is 9.15. The summed E-state index contributed by atoms with van der Waals surface area (Å²) in [6, 6.07) is 10.7. The van der Waals surface area contributed by atoms with Crippen LogP contribution >= 0.6 is 0 Å². The summed E-state index contributed by atoms with van der Waals surface area (Å²) in [5.41, 5.74) is 1.80. The van der Waals surface area contributed by atoms with Gasteiger partial charge in [0.1, 0.15) is 0 Å². The lowest BCUT2D eigenvalue weighted by Gasteiger charge is -2.35. The minimum Gasteiger partial charge on any atom is -0.504 e. The molecule has 36 heavy (non-hydrogen) atoms. The highest BCUT2D eigenvalue weighted by Gasteiger charge is 2.28. The molecule has 0 unspecified atom stereocenters. The molecule has 8 heteroatoms. The highest BCUT2D eigenvalue weighted by Crippen LogP contribution is 2.37. The molecule has 0 aromatic heterocycles. The van der Waals surface area contributed by atoms with Crippen LogP contribution in [0.4, 0.5) is 0 Å². The SMILES string of the molecule is CCCN(C(=O)CCCCCNC(=O)COc1ccccc1OC)[C@H]1CCc2c(ccc(O)c2O)C1. The standard InChI is InChI=1S/C28H38N2O6/c1-3-17-30(21-13-14-22-20(18-21)12-15-23(31)28(22)34)27(33)11-5-4-8-16-29-26(32)19-36-25-10-7-6-9-24(25)35-2/h6-7,9-10,12,15,21,31,34H,3-5,8,11,13-14,16-19H2,1-2H3,(H,29,32)/t21-/m0/s1. The fraction of sp³-hybridized carbons (Fsp3) is 0.500. The summed E-state index contributed by atoms with van der Waals surface area (Å²) in [5, 5.41) is 22.7. The van der Waals surface area contributed by atoms with Gasteiger partial charge in [-0.05, 0) is 62.3 Å². The van der Waals surface area contributed by atoms with Gasteiger partial charge >= 0.3 is 0 Å². The molecule has 0 saturated carbocycles. The predicted molar refractivity (Wildman–Crippen MR) is 138 cm³/mol. The molecule has 0 spiro atoms. The van der Waals surface area contributed by atoms with Crippen LogP contribution < -0.4 is 14.8 Å². The Hall–Kier alpha value is -3.42. The minimum atomic E-state index is -0.192. The van der Waals surface area contributed by atoms with Crippen molar-refractivity contribution in [2.45, 2.75) is 64.3 Å². The van der Waals surface area contributed by atoms with Gasteiger partial charge in [-0.15, -0.1) is 0 Å². The lowest BCUT2D eigenvalue weighted by molar-refractivity contribution is -0.134. The number of nitrogens with zero attached hydrogens (tertiary/aromatic N) is 1. The molecule has 2 aromatic rings. The Bertz CT molecular complexity index is 1030. The number of phenolic OH excluding ortho intramolecular Hbond substituents is 2. The van der Waals surface area contributed by atoms with Gasteiger partial charge in [0, 0.05) is 31.1 Å². The number of rotatable bonds is 13. The maximum atomic E-state index is 13.0. The van der Waals surface area contributed by atoms with Crippen molar-refractivity contribution in [1.82, 2.24) is 10.2 Å². The molecule has 1 aliphatic carbocycles. The largest absolute Gasteiger partial charge is 0.504 e. The number of hydrogen-bond acceptors (Lipinski definition) is 6. The maximum Gasteiger partial charge on any atom is 0.257 e. The average Bonchev–Trinajstić information content (AvgIpc) is 2.90. The van der Waals surface area contributed by atoms with Gasteiger partial charge in [0.2, 0.25) is 5.91 Å². The highest BCUT2D eigenvalue weighted by molar-refractivity contribution is 5.77. The Labute approximate surface area is 213 Å². The number of nitrogens with one attached hydrogen (secondary N) is 1. The number of unbranched alkanes of at least 4 members (excludes halogenated alkanes) is 2. The van der Waals surface area contributed by atoms with E-state index in [0.29, 0.717) is 43.9 Å². The number of ether oxygens (including phenoxy) is 2. The van der Waals surface area contributed by atoms with Crippen LogP contribution in [0, 0.1) is 0 Å². The van der Waals surface area contributed by atoms with E-state index in [2.05, 4.69) is 12.2 Å². The van der Waals surface area contributed by atoms with Gasteiger partial charge in [-0.25, -0.2) is 0 Å². The van der Waals surface area contributed by atoms with Crippen molar-refractivity contribution in [1.29, 1.82) is 0 Å². The topological polar surface area (TPSA) is 108 Å². The average molecular weight is 499 g/mol. The van der Waals surface area contributed by atoms with E-state index >= 15 is 0 Å². The van der Waals surface area contributed by atoms with Crippen LogP contribution in [0.1, 0.15) is 56.6 Å². The first-order valence-corrected chi connectivity index (χ1v) is 12.8. The van der Waals surface area contributed by atoms with Crippen LogP contribution in [0.3, 0.4) is 0 Å². The number of aromatic hydroxyl groups is 2. The van der Waals surface area contributed by atoms with E-state index < -0.39 is 0 Å². The number of amides is 2. The molecule has 2 aromatic carbocycles. The summed E-state index contributed by atoms with van der Waals surface area (Å²) < 4.78 is 10.7. The van der Waals surface area contributed by atoms with Crippen LogP contribution in [0.5, 0.6) is 23.0 Å². The lowest BCUT2D eigenvalue weighted by atomic mass is 9.86. The number of benzene rings is 2. The van der Waals surface area contributed by atoms with Gasteiger partial charge in [-0.1, -0.05) is 31.5 Å². The maximum absolute atomic E-state index is 13.0. The van der Waals surface area contributed by atoms with Crippen molar-refractivity contribution in [3.05, 3.63) is 47.5 Å². The molecule has 0 aliphatic heterocycles. The number of fused-ring (bicyclic) bond motifs is 1. The van der Waals surface area contributed by atoms with Crippen molar-refractivity contribution < 1.29 is 29.3 Å². The smallest absolute Gasteiger partial charge is 0.257 e. The Balaban J connectivity index is 1.36. The number of para-hydroxylation sites is 2. The first-order chi connectivity index (χ1) is 17.4. The molecule has 8 nitrogen and oxygen atoms in total. The molecule has 0 saturated heterocycles. The van der Waals surface area contributed by atoms with E-state index in [0.717, 1.165) is 43.2 Å². The van der Waals surface area contributed by atoms with Crippen molar-refractivity contribution >= 4 is 11.8 Å². The summed E-state index contributed by atoms with van der Waals surface area (Å²) in [6.45, 7) is 3.25. The van der Waals surface area contributed by atoms with Crippen LogP contribution in [0.2, 0.25) is 0 Å². The third kappa shape index (κ3) is 7.29. The number of methoxy groups -OCH3 is 1. The third-order valence-corrected chi connectivity index (χ3v) is 6.58. The van der Waals surface area contributed by atoms with E-state index in [4.69, 9.17) is 9.47 Å². The summed E-state index contributed by atoms with van der Waals surface area (Å²) in [4.78, 5) is 27.1. The molecule has 3 N–H and O–H groups in total. The second kappa shape index (κ2) is 13.6. The number of carbonyl (C=O) groups excluding carboxylic acids is 2. The Morgan fingerprint density at radius 1 is 1.08 bits per heavy atom. The first kappa shape index (κ1) is 27.2. The molecule has 0 heterocycles. The number of carbonyl (C=O) groups is 2. The fourth-order valence-corrected chi connectivity index (χ4v) is 4.70. The van der Waals surface area contributed by atoms with E-state index in [1.165, 1.54) is 6.07 Å². The molecular formula is C28H38N2O6. The van der Waals surface area contributed by atoms with Crippen molar-refractivity contribution in [3.63, 3.8) is 0 Å². The Morgan fingerprint density at radius 2 is 1.86 bits per heavy atom. The van der Waals surface area contributed by atoms with Crippen LogP contribution in [-0.4, -0.2) is 59.8 Å². The van der Waals surface area contributed by atoms with E-state index in [9.17, 15) is 19.8 Å². The molecule has 3 rings (SSSR count). The summed E-state index contributed by atoms with van der Waals surface area (Å²) >= 11 is 0. The normalized spacial score (nSPS) is 14.6. The van der Waals surface area contributed by atoms with Crippen LogP contribution in [0.15, 0.2) is 36.4 Å². The quantitative estimate of drug-likeness (QED) is 0.285. The second-order valence-electron chi connectivity index (χ2n) is 9.15. The van der Waals surface area contributed by atoms with Gasteiger partial charge in [0.05, 0.1) is 7.11 Å². The van der Waals surface area contributed by atoms with E-state index in [1.807, 2.05) is 23.1 Å². The fourth-order valence-electron chi connectivity index (χ4n) is 4.70. The summed E-state index contributed by atoms with van der Waals surface area (Å²) in [7, 11) is 1.56. The van der Waals surface area contributed by atoms with Crippen LogP contribution in [0.25, 0.3) is 0 Å². The van der Waals surface area contributed by atoms with Crippen LogP contribution in [-0.2, 0) is 22.4 Å². The monoisotopic (exact) mass is 498 g/mol. The summed E-state index contributed by atoms with van der Waals surface area (Å²) in [5.74, 6) is 0.959. The Kier molecular flexibility index (Phi) is 10.3.